The first-order valence-electron chi connectivity index (χ1n) is 6.36. The number of aromatic hydroxyl groups is 1. The van der Waals surface area contributed by atoms with E-state index in [1.165, 1.54) is 29.9 Å². The average molecular weight is 251 g/mol. The van der Waals surface area contributed by atoms with E-state index in [4.69, 9.17) is 0 Å². The maximum atomic E-state index is 9.25. The molecule has 1 aromatic rings. The molecule has 0 radical (unpaired) electrons. The summed E-state index contributed by atoms with van der Waals surface area (Å²) in [6.07, 6.45) is 2.69. The van der Waals surface area contributed by atoms with Gasteiger partial charge < -0.3 is 10.4 Å². The summed E-state index contributed by atoms with van der Waals surface area (Å²) in [5, 5.41) is 12.8. The lowest BCUT2D eigenvalue weighted by atomic mass is 10.0. The van der Waals surface area contributed by atoms with E-state index in [1.54, 1.807) is 12.1 Å². The Balaban J connectivity index is 1.80. The van der Waals surface area contributed by atoms with Gasteiger partial charge in [0.2, 0.25) is 0 Å². The third-order valence-corrected chi connectivity index (χ3v) is 4.50. The highest BCUT2D eigenvalue weighted by molar-refractivity contribution is 7.99. The molecule has 17 heavy (non-hydrogen) atoms. The number of hydrogen-bond donors (Lipinski definition) is 2. The van der Waals surface area contributed by atoms with Gasteiger partial charge in [0, 0.05) is 6.04 Å². The molecule has 1 atom stereocenters. The summed E-state index contributed by atoms with van der Waals surface area (Å²) >= 11 is 2.08. The number of benzene rings is 1. The van der Waals surface area contributed by atoms with E-state index in [9.17, 15) is 5.11 Å². The highest BCUT2D eigenvalue weighted by Gasteiger charge is 2.14. The van der Waals surface area contributed by atoms with Crippen LogP contribution in [0.15, 0.2) is 24.3 Å². The van der Waals surface area contributed by atoms with E-state index in [2.05, 4.69) is 24.0 Å². The van der Waals surface area contributed by atoms with Crippen molar-refractivity contribution < 1.29 is 5.11 Å². The maximum absolute atomic E-state index is 9.25. The van der Waals surface area contributed by atoms with Gasteiger partial charge in [0.25, 0.3) is 0 Å². The summed E-state index contributed by atoms with van der Waals surface area (Å²) in [5.74, 6) is 3.82. The molecule has 0 aromatic heterocycles. The van der Waals surface area contributed by atoms with Gasteiger partial charge in [-0.05, 0) is 61.4 Å². The molecule has 2 nitrogen and oxygen atoms in total. The molecule has 94 valence electrons. The van der Waals surface area contributed by atoms with Gasteiger partial charge in [0.15, 0.2) is 0 Å². The number of rotatable bonds is 4. The van der Waals surface area contributed by atoms with Crippen LogP contribution < -0.4 is 5.32 Å². The van der Waals surface area contributed by atoms with E-state index in [-0.39, 0.29) is 0 Å². The zero-order chi connectivity index (χ0) is 12.1. The van der Waals surface area contributed by atoms with Crippen LogP contribution in [0.4, 0.5) is 0 Å². The highest BCUT2D eigenvalue weighted by atomic mass is 32.2. The Labute approximate surface area is 108 Å². The van der Waals surface area contributed by atoms with Gasteiger partial charge in [-0.25, -0.2) is 0 Å². The van der Waals surface area contributed by atoms with E-state index in [0.29, 0.717) is 11.8 Å². The predicted molar refractivity (Wildman–Crippen MR) is 74.6 cm³/mol. The first kappa shape index (κ1) is 12.8. The monoisotopic (exact) mass is 251 g/mol. The zero-order valence-corrected chi connectivity index (χ0v) is 11.2. The highest BCUT2D eigenvalue weighted by Crippen LogP contribution is 2.23. The number of nitrogens with one attached hydrogen (secondary N) is 1. The largest absolute Gasteiger partial charge is 0.508 e. The van der Waals surface area contributed by atoms with E-state index in [0.717, 1.165) is 12.5 Å². The summed E-state index contributed by atoms with van der Waals surface area (Å²) in [6, 6.07) is 7.85. The quantitative estimate of drug-likeness (QED) is 0.862. The number of phenols is 1. The number of thioether (sulfide) groups is 1. The van der Waals surface area contributed by atoms with Gasteiger partial charge in [0.1, 0.15) is 5.75 Å². The van der Waals surface area contributed by atoms with Crippen molar-refractivity contribution >= 4 is 11.8 Å². The van der Waals surface area contributed by atoms with Crippen LogP contribution in [0.1, 0.15) is 31.4 Å². The Kier molecular flexibility index (Phi) is 4.75. The Bertz CT molecular complexity index is 333. The van der Waals surface area contributed by atoms with Gasteiger partial charge in [0.05, 0.1) is 0 Å². The van der Waals surface area contributed by atoms with Crippen LogP contribution in [0.3, 0.4) is 0 Å². The van der Waals surface area contributed by atoms with Gasteiger partial charge in [-0.15, -0.1) is 0 Å². The molecule has 0 spiro atoms. The second kappa shape index (κ2) is 6.31. The fourth-order valence-electron chi connectivity index (χ4n) is 2.17. The summed E-state index contributed by atoms with van der Waals surface area (Å²) in [4.78, 5) is 0. The van der Waals surface area contributed by atoms with E-state index in [1.807, 2.05) is 12.1 Å². The van der Waals surface area contributed by atoms with Crippen molar-refractivity contribution in [3.63, 3.8) is 0 Å². The van der Waals surface area contributed by atoms with Gasteiger partial charge in [-0.2, -0.15) is 11.8 Å². The van der Waals surface area contributed by atoms with Crippen LogP contribution in [0.2, 0.25) is 0 Å². The van der Waals surface area contributed by atoms with Crippen LogP contribution in [0.25, 0.3) is 0 Å². The fraction of sp³-hybridized carbons (Fsp3) is 0.571. The normalized spacial score (nSPS) is 19.1. The lowest BCUT2D eigenvalue weighted by molar-refractivity contribution is 0.420. The first-order valence-corrected chi connectivity index (χ1v) is 7.51. The van der Waals surface area contributed by atoms with Crippen molar-refractivity contribution in [1.82, 2.24) is 5.32 Å². The summed E-state index contributed by atoms with van der Waals surface area (Å²) < 4.78 is 0. The molecular weight excluding hydrogens is 230 g/mol. The van der Waals surface area contributed by atoms with Gasteiger partial charge >= 0.3 is 0 Å². The molecule has 1 aliphatic rings. The van der Waals surface area contributed by atoms with E-state index >= 15 is 0 Å². The van der Waals surface area contributed by atoms with Crippen LogP contribution in [-0.4, -0.2) is 23.2 Å². The van der Waals surface area contributed by atoms with Gasteiger partial charge in [-0.1, -0.05) is 12.1 Å². The van der Waals surface area contributed by atoms with Gasteiger partial charge in [-0.3, -0.25) is 0 Å². The molecule has 1 saturated heterocycles. The second-order valence-electron chi connectivity index (χ2n) is 4.78. The SMILES string of the molecule is CC(NCC1CCSCC1)c1ccc(O)cc1. The first-order chi connectivity index (χ1) is 8.25. The van der Waals surface area contributed by atoms with Crippen LogP contribution in [0.5, 0.6) is 5.75 Å². The second-order valence-corrected chi connectivity index (χ2v) is 6.00. The Morgan fingerprint density at radius 1 is 1.29 bits per heavy atom. The standard InChI is InChI=1S/C14H21NOS/c1-11(13-2-4-14(16)5-3-13)15-10-12-6-8-17-9-7-12/h2-5,11-12,15-16H,6-10H2,1H3. The van der Waals surface area contributed by atoms with Crippen molar-refractivity contribution in [2.24, 2.45) is 5.92 Å². The molecule has 1 fully saturated rings. The molecule has 0 aliphatic carbocycles. The summed E-state index contributed by atoms with van der Waals surface area (Å²) in [5.41, 5.74) is 1.24. The minimum absolute atomic E-state index is 0.338. The van der Waals surface area contributed by atoms with Crippen molar-refractivity contribution in [1.29, 1.82) is 0 Å². The van der Waals surface area contributed by atoms with Crippen LogP contribution in [-0.2, 0) is 0 Å². The smallest absolute Gasteiger partial charge is 0.115 e. The molecule has 3 heteroatoms. The minimum atomic E-state index is 0.338. The molecular formula is C14H21NOS. The molecule has 0 saturated carbocycles. The van der Waals surface area contributed by atoms with Crippen molar-refractivity contribution in [3.05, 3.63) is 29.8 Å². The number of hydrogen-bond acceptors (Lipinski definition) is 3. The molecule has 2 rings (SSSR count). The maximum Gasteiger partial charge on any atom is 0.115 e. The Hall–Kier alpha value is -0.670. The Morgan fingerprint density at radius 2 is 1.94 bits per heavy atom. The third kappa shape index (κ3) is 3.93. The average Bonchev–Trinajstić information content (AvgIpc) is 2.38. The van der Waals surface area contributed by atoms with E-state index < -0.39 is 0 Å². The Morgan fingerprint density at radius 3 is 2.59 bits per heavy atom. The fourth-order valence-corrected chi connectivity index (χ4v) is 3.38. The molecule has 0 amide bonds. The molecule has 0 bridgehead atoms. The van der Waals surface area contributed by atoms with Crippen molar-refractivity contribution in [2.75, 3.05) is 18.1 Å². The molecule has 1 unspecified atom stereocenters. The minimum Gasteiger partial charge on any atom is -0.508 e. The van der Waals surface area contributed by atoms with Crippen molar-refractivity contribution in [2.45, 2.75) is 25.8 Å². The van der Waals surface area contributed by atoms with Crippen molar-refractivity contribution in [3.8, 4) is 5.75 Å². The lowest BCUT2D eigenvalue weighted by Crippen LogP contribution is -2.27. The van der Waals surface area contributed by atoms with Crippen LogP contribution in [0, 0.1) is 5.92 Å². The lowest BCUT2D eigenvalue weighted by Gasteiger charge is -2.24. The summed E-state index contributed by atoms with van der Waals surface area (Å²) in [7, 11) is 0. The number of phenolic OH excluding ortho intramolecular Hbond substituents is 1. The predicted octanol–water partition coefficient (Wildman–Crippen LogP) is 3.19. The summed E-state index contributed by atoms with van der Waals surface area (Å²) in [6.45, 7) is 3.30. The van der Waals surface area contributed by atoms with Crippen LogP contribution >= 0.6 is 11.8 Å². The molecule has 1 heterocycles. The topological polar surface area (TPSA) is 32.3 Å². The zero-order valence-electron chi connectivity index (χ0n) is 10.4. The molecule has 2 N–H and O–H groups in total. The third-order valence-electron chi connectivity index (χ3n) is 3.45. The molecule has 1 aromatic carbocycles. The molecule has 1 aliphatic heterocycles.